The van der Waals surface area contributed by atoms with E-state index in [4.69, 9.17) is 4.74 Å². The fourth-order valence-electron chi connectivity index (χ4n) is 2.28. The Bertz CT molecular complexity index is 698. The third kappa shape index (κ3) is 4.83. The zero-order chi connectivity index (χ0) is 16.8. The maximum absolute atomic E-state index is 11.7. The maximum atomic E-state index is 11.7. The standard InChI is InChI=1S/C19H22BrNO2/c1-4-14-6-9-18(13(3)10-14)23-12-15-7-8-16(20)11-17(15)21-19(22)5-2/h6-11H,4-5,12H2,1-3H3,(H,21,22). The van der Waals surface area contributed by atoms with Gasteiger partial charge in [-0.3, -0.25) is 4.79 Å². The van der Waals surface area contributed by atoms with Crippen LogP contribution in [0.1, 0.15) is 37.0 Å². The summed E-state index contributed by atoms with van der Waals surface area (Å²) >= 11 is 3.44. The predicted molar refractivity (Wildman–Crippen MR) is 98.0 cm³/mol. The molecule has 2 aromatic carbocycles. The van der Waals surface area contributed by atoms with Gasteiger partial charge in [0.05, 0.1) is 0 Å². The average molecular weight is 376 g/mol. The zero-order valence-corrected chi connectivity index (χ0v) is 15.4. The van der Waals surface area contributed by atoms with Crippen LogP contribution in [0.5, 0.6) is 5.75 Å². The van der Waals surface area contributed by atoms with Crippen molar-refractivity contribution in [2.24, 2.45) is 0 Å². The summed E-state index contributed by atoms with van der Waals surface area (Å²) in [5, 5.41) is 2.92. The van der Waals surface area contributed by atoms with Gasteiger partial charge in [-0.15, -0.1) is 0 Å². The largest absolute Gasteiger partial charge is 0.489 e. The van der Waals surface area contributed by atoms with Crippen molar-refractivity contribution in [2.45, 2.75) is 40.2 Å². The molecule has 0 saturated heterocycles. The molecule has 0 radical (unpaired) electrons. The van der Waals surface area contributed by atoms with Gasteiger partial charge in [0, 0.05) is 22.1 Å². The molecule has 2 rings (SSSR count). The number of nitrogens with one attached hydrogen (secondary N) is 1. The summed E-state index contributed by atoms with van der Waals surface area (Å²) in [6.07, 6.45) is 1.46. The van der Waals surface area contributed by atoms with Gasteiger partial charge in [-0.25, -0.2) is 0 Å². The van der Waals surface area contributed by atoms with E-state index in [0.29, 0.717) is 13.0 Å². The summed E-state index contributed by atoms with van der Waals surface area (Å²) in [5.74, 6) is 0.866. The van der Waals surface area contributed by atoms with E-state index in [1.165, 1.54) is 5.56 Å². The first kappa shape index (κ1) is 17.5. The van der Waals surface area contributed by atoms with Crippen LogP contribution in [0.15, 0.2) is 40.9 Å². The number of rotatable bonds is 6. The minimum absolute atomic E-state index is 0.00664. The highest BCUT2D eigenvalue weighted by atomic mass is 79.9. The van der Waals surface area contributed by atoms with Gasteiger partial charge in [-0.1, -0.05) is 48.0 Å². The Hall–Kier alpha value is -1.81. The number of halogens is 1. The minimum atomic E-state index is -0.00664. The van der Waals surface area contributed by atoms with E-state index in [1.807, 2.05) is 31.2 Å². The summed E-state index contributed by atoms with van der Waals surface area (Å²) in [6, 6.07) is 12.1. The normalized spacial score (nSPS) is 10.4. The van der Waals surface area contributed by atoms with E-state index in [0.717, 1.165) is 33.5 Å². The molecule has 0 saturated carbocycles. The molecular formula is C19H22BrNO2. The van der Waals surface area contributed by atoms with Crippen molar-refractivity contribution >= 4 is 27.5 Å². The molecule has 23 heavy (non-hydrogen) atoms. The van der Waals surface area contributed by atoms with Crippen LogP contribution >= 0.6 is 15.9 Å². The number of hydrogen-bond acceptors (Lipinski definition) is 2. The molecule has 0 spiro atoms. The van der Waals surface area contributed by atoms with Crippen LogP contribution in [0, 0.1) is 6.92 Å². The number of anilines is 1. The van der Waals surface area contributed by atoms with Crippen molar-refractivity contribution in [3.63, 3.8) is 0 Å². The van der Waals surface area contributed by atoms with Crippen LogP contribution in [-0.2, 0) is 17.8 Å². The second kappa shape index (κ2) is 8.16. The molecule has 1 amide bonds. The van der Waals surface area contributed by atoms with Crippen LogP contribution in [0.25, 0.3) is 0 Å². The van der Waals surface area contributed by atoms with E-state index in [2.05, 4.69) is 47.2 Å². The van der Waals surface area contributed by atoms with Gasteiger partial charge < -0.3 is 10.1 Å². The first-order valence-corrected chi connectivity index (χ1v) is 8.63. The number of benzene rings is 2. The topological polar surface area (TPSA) is 38.3 Å². The molecule has 0 aliphatic carbocycles. The summed E-state index contributed by atoms with van der Waals surface area (Å²) in [5.41, 5.74) is 4.16. The van der Waals surface area contributed by atoms with Crippen LogP contribution in [0.3, 0.4) is 0 Å². The molecular weight excluding hydrogens is 354 g/mol. The maximum Gasteiger partial charge on any atom is 0.224 e. The van der Waals surface area contributed by atoms with Crippen LogP contribution in [0.4, 0.5) is 5.69 Å². The second-order valence-electron chi connectivity index (χ2n) is 5.45. The van der Waals surface area contributed by atoms with Crippen molar-refractivity contribution < 1.29 is 9.53 Å². The summed E-state index contributed by atoms with van der Waals surface area (Å²) < 4.78 is 6.88. The first-order chi connectivity index (χ1) is 11.0. The third-order valence-corrected chi connectivity index (χ3v) is 4.19. The molecule has 122 valence electrons. The van der Waals surface area contributed by atoms with E-state index in [9.17, 15) is 4.79 Å². The number of amides is 1. The Morgan fingerprint density at radius 1 is 1.17 bits per heavy atom. The van der Waals surface area contributed by atoms with Crippen LogP contribution in [-0.4, -0.2) is 5.91 Å². The fraction of sp³-hybridized carbons (Fsp3) is 0.316. The average Bonchev–Trinajstić information content (AvgIpc) is 2.54. The number of carbonyl (C=O) groups is 1. The highest BCUT2D eigenvalue weighted by Gasteiger charge is 2.08. The van der Waals surface area contributed by atoms with Gasteiger partial charge in [0.25, 0.3) is 0 Å². The van der Waals surface area contributed by atoms with Gasteiger partial charge in [-0.2, -0.15) is 0 Å². The fourth-order valence-corrected chi connectivity index (χ4v) is 2.64. The van der Waals surface area contributed by atoms with Gasteiger partial charge in [0.1, 0.15) is 12.4 Å². The Labute approximate surface area is 146 Å². The lowest BCUT2D eigenvalue weighted by Gasteiger charge is -2.14. The predicted octanol–water partition coefficient (Wildman–Crippen LogP) is 5.25. The second-order valence-corrected chi connectivity index (χ2v) is 6.36. The van der Waals surface area contributed by atoms with E-state index in [1.54, 1.807) is 0 Å². The molecule has 3 nitrogen and oxygen atoms in total. The number of carbonyl (C=O) groups excluding carboxylic acids is 1. The molecule has 0 bridgehead atoms. The first-order valence-electron chi connectivity index (χ1n) is 7.84. The quantitative estimate of drug-likeness (QED) is 0.748. The van der Waals surface area contributed by atoms with Crippen LogP contribution < -0.4 is 10.1 Å². The SMILES string of the molecule is CCC(=O)Nc1cc(Br)ccc1COc1ccc(CC)cc1C. The van der Waals surface area contributed by atoms with E-state index < -0.39 is 0 Å². The van der Waals surface area contributed by atoms with Gasteiger partial charge in [-0.05, 0) is 42.7 Å². The Morgan fingerprint density at radius 2 is 1.96 bits per heavy atom. The molecule has 4 heteroatoms. The van der Waals surface area contributed by atoms with E-state index >= 15 is 0 Å². The Balaban J connectivity index is 2.15. The van der Waals surface area contributed by atoms with Crippen molar-refractivity contribution in [1.82, 2.24) is 0 Å². The monoisotopic (exact) mass is 375 g/mol. The highest BCUT2D eigenvalue weighted by molar-refractivity contribution is 9.10. The minimum Gasteiger partial charge on any atom is -0.489 e. The lowest BCUT2D eigenvalue weighted by molar-refractivity contribution is -0.115. The number of hydrogen-bond donors (Lipinski definition) is 1. The Kier molecular flexibility index (Phi) is 6.22. The third-order valence-electron chi connectivity index (χ3n) is 3.70. The molecule has 0 fully saturated rings. The molecule has 0 atom stereocenters. The van der Waals surface area contributed by atoms with Crippen LogP contribution in [0.2, 0.25) is 0 Å². The lowest BCUT2D eigenvalue weighted by atomic mass is 10.1. The molecule has 1 N–H and O–H groups in total. The molecule has 0 aliphatic rings. The van der Waals surface area contributed by atoms with Gasteiger partial charge in [0.15, 0.2) is 0 Å². The summed E-state index contributed by atoms with van der Waals surface area (Å²) in [6.45, 7) is 6.44. The van der Waals surface area contributed by atoms with Crippen molar-refractivity contribution in [1.29, 1.82) is 0 Å². The van der Waals surface area contributed by atoms with Crippen molar-refractivity contribution in [3.05, 3.63) is 57.6 Å². The molecule has 0 unspecified atom stereocenters. The summed E-state index contributed by atoms with van der Waals surface area (Å²) in [7, 11) is 0. The van der Waals surface area contributed by atoms with Gasteiger partial charge >= 0.3 is 0 Å². The summed E-state index contributed by atoms with van der Waals surface area (Å²) in [4.78, 5) is 11.7. The Morgan fingerprint density at radius 3 is 2.61 bits per heavy atom. The number of ether oxygens (including phenoxy) is 1. The molecule has 2 aromatic rings. The molecule has 0 aromatic heterocycles. The lowest BCUT2D eigenvalue weighted by Crippen LogP contribution is -2.12. The number of aryl methyl sites for hydroxylation is 2. The molecule has 0 aliphatic heterocycles. The molecule has 0 heterocycles. The smallest absolute Gasteiger partial charge is 0.224 e. The highest BCUT2D eigenvalue weighted by Crippen LogP contribution is 2.25. The van der Waals surface area contributed by atoms with Crippen molar-refractivity contribution in [2.75, 3.05) is 5.32 Å². The van der Waals surface area contributed by atoms with Gasteiger partial charge in [0.2, 0.25) is 5.91 Å². The van der Waals surface area contributed by atoms with E-state index in [-0.39, 0.29) is 5.91 Å². The zero-order valence-electron chi connectivity index (χ0n) is 13.8. The van der Waals surface area contributed by atoms with Crippen molar-refractivity contribution in [3.8, 4) is 5.75 Å².